The summed E-state index contributed by atoms with van der Waals surface area (Å²) in [5.74, 6) is 1.35. The molecule has 3 atom stereocenters. The fraction of sp³-hybridized carbons (Fsp3) is 0.471. The van der Waals surface area contributed by atoms with Gasteiger partial charge in [0.15, 0.2) is 0 Å². The zero-order valence-corrected chi connectivity index (χ0v) is 13.4. The highest BCUT2D eigenvalue weighted by atomic mass is 79.9. The van der Waals surface area contributed by atoms with Crippen molar-refractivity contribution in [2.75, 3.05) is 0 Å². The summed E-state index contributed by atoms with van der Waals surface area (Å²) in [7, 11) is 0. The summed E-state index contributed by atoms with van der Waals surface area (Å²) < 4.78 is 1.04. The number of rotatable bonds is 2. The summed E-state index contributed by atoms with van der Waals surface area (Å²) >= 11 is 3.66. The predicted octanol–water partition coefficient (Wildman–Crippen LogP) is 4.82. The zero-order valence-electron chi connectivity index (χ0n) is 11.8. The van der Waals surface area contributed by atoms with Crippen molar-refractivity contribution in [2.24, 2.45) is 17.6 Å². The van der Waals surface area contributed by atoms with Gasteiger partial charge in [0.2, 0.25) is 0 Å². The number of halogens is 1. The van der Waals surface area contributed by atoms with Gasteiger partial charge in [-0.3, -0.25) is 0 Å². The van der Waals surface area contributed by atoms with E-state index >= 15 is 0 Å². The van der Waals surface area contributed by atoms with Gasteiger partial charge in [-0.25, -0.2) is 4.98 Å². The van der Waals surface area contributed by atoms with Crippen LogP contribution < -0.4 is 5.73 Å². The van der Waals surface area contributed by atoms with Gasteiger partial charge in [0, 0.05) is 9.86 Å². The highest BCUT2D eigenvalue weighted by molar-refractivity contribution is 9.10. The third-order valence-electron chi connectivity index (χ3n) is 4.51. The molecule has 2 nitrogen and oxygen atoms in total. The molecule has 106 valence electrons. The number of hydrogen-bond acceptors (Lipinski definition) is 2. The first kappa shape index (κ1) is 14.0. The fourth-order valence-electron chi connectivity index (χ4n) is 3.37. The van der Waals surface area contributed by atoms with Crippen molar-refractivity contribution in [3.05, 3.63) is 40.5 Å². The predicted molar refractivity (Wildman–Crippen MR) is 87.5 cm³/mol. The van der Waals surface area contributed by atoms with Crippen molar-refractivity contribution in [1.82, 2.24) is 4.98 Å². The lowest BCUT2D eigenvalue weighted by Gasteiger charge is -2.31. The molecule has 2 aromatic rings. The molecule has 0 saturated heterocycles. The molecular formula is C17H21BrN2. The van der Waals surface area contributed by atoms with Gasteiger partial charge < -0.3 is 5.73 Å². The molecular weight excluding hydrogens is 312 g/mol. The number of nitrogens with two attached hydrogens (primary N) is 1. The van der Waals surface area contributed by atoms with Gasteiger partial charge in [-0.1, -0.05) is 38.0 Å². The Hall–Kier alpha value is -0.930. The molecule has 0 bridgehead atoms. The van der Waals surface area contributed by atoms with Crippen molar-refractivity contribution in [3.8, 4) is 0 Å². The van der Waals surface area contributed by atoms with Crippen LogP contribution in [0.5, 0.6) is 0 Å². The Morgan fingerprint density at radius 3 is 2.90 bits per heavy atom. The Morgan fingerprint density at radius 1 is 1.30 bits per heavy atom. The second-order valence-electron chi connectivity index (χ2n) is 6.11. The normalized spacial score (nSPS) is 24.8. The minimum Gasteiger partial charge on any atom is -0.322 e. The van der Waals surface area contributed by atoms with E-state index in [0.29, 0.717) is 5.92 Å². The minimum absolute atomic E-state index is 0.0386. The van der Waals surface area contributed by atoms with Crippen LogP contribution in [0.15, 0.2) is 34.8 Å². The molecule has 3 unspecified atom stereocenters. The van der Waals surface area contributed by atoms with Gasteiger partial charge in [0.1, 0.15) is 0 Å². The van der Waals surface area contributed by atoms with Crippen molar-refractivity contribution in [2.45, 2.75) is 38.6 Å². The van der Waals surface area contributed by atoms with Crippen molar-refractivity contribution < 1.29 is 0 Å². The van der Waals surface area contributed by atoms with E-state index < -0.39 is 0 Å². The third-order valence-corrected chi connectivity index (χ3v) is 5.14. The quantitative estimate of drug-likeness (QED) is 0.855. The van der Waals surface area contributed by atoms with Gasteiger partial charge in [-0.15, -0.1) is 0 Å². The lowest BCUT2D eigenvalue weighted by atomic mass is 9.78. The molecule has 20 heavy (non-hydrogen) atoms. The van der Waals surface area contributed by atoms with Crippen LogP contribution in [0.3, 0.4) is 0 Å². The van der Waals surface area contributed by atoms with Crippen LogP contribution in [-0.4, -0.2) is 4.98 Å². The topological polar surface area (TPSA) is 38.9 Å². The molecule has 3 heteroatoms. The number of hydrogen-bond donors (Lipinski definition) is 1. The van der Waals surface area contributed by atoms with Crippen LogP contribution in [-0.2, 0) is 0 Å². The average Bonchev–Trinajstić information content (AvgIpc) is 2.46. The summed E-state index contributed by atoms with van der Waals surface area (Å²) in [6, 6.07) is 10.4. The average molecular weight is 333 g/mol. The summed E-state index contributed by atoms with van der Waals surface area (Å²) in [5.41, 5.74) is 8.58. The summed E-state index contributed by atoms with van der Waals surface area (Å²) in [6.45, 7) is 2.34. The molecule has 1 aliphatic carbocycles. The number of aromatic nitrogens is 1. The third kappa shape index (κ3) is 2.75. The minimum atomic E-state index is 0.0386. The first-order chi connectivity index (χ1) is 9.65. The summed E-state index contributed by atoms with van der Waals surface area (Å²) in [6.07, 6.45) is 5.09. The number of pyridine rings is 1. The van der Waals surface area contributed by atoms with Crippen LogP contribution in [0.4, 0.5) is 0 Å². The highest BCUT2D eigenvalue weighted by Gasteiger charge is 2.27. The molecule has 1 aliphatic rings. The largest absolute Gasteiger partial charge is 0.322 e. The van der Waals surface area contributed by atoms with Crippen molar-refractivity contribution >= 4 is 26.8 Å². The molecule has 1 aromatic heterocycles. The van der Waals surface area contributed by atoms with E-state index in [9.17, 15) is 0 Å². The number of fused-ring (bicyclic) bond motifs is 1. The fourth-order valence-corrected chi connectivity index (χ4v) is 3.97. The Morgan fingerprint density at radius 2 is 2.10 bits per heavy atom. The molecule has 2 N–H and O–H groups in total. The van der Waals surface area contributed by atoms with Gasteiger partial charge >= 0.3 is 0 Å². The smallest absolute Gasteiger partial charge is 0.0723 e. The molecule has 0 spiro atoms. The lowest BCUT2D eigenvalue weighted by molar-refractivity contribution is 0.245. The monoisotopic (exact) mass is 332 g/mol. The standard InChI is InChI=1S/C17H21BrN2/c1-11-5-4-7-13(9-11)16(19)17-14(18)10-12-6-2-3-8-15(12)20-17/h2-3,6,8,10-11,13,16H,4-5,7,9,19H2,1H3. The van der Waals surface area contributed by atoms with Crippen LogP contribution in [0.1, 0.15) is 44.3 Å². The first-order valence-electron chi connectivity index (χ1n) is 7.46. The second-order valence-corrected chi connectivity index (χ2v) is 6.96. The van der Waals surface area contributed by atoms with E-state index in [1.807, 2.05) is 12.1 Å². The molecule has 1 saturated carbocycles. The van der Waals surface area contributed by atoms with Crippen molar-refractivity contribution in [1.29, 1.82) is 0 Å². The van der Waals surface area contributed by atoms with Gasteiger partial charge in [0.25, 0.3) is 0 Å². The molecule has 1 heterocycles. The van der Waals surface area contributed by atoms with Crippen LogP contribution in [0.2, 0.25) is 0 Å². The zero-order chi connectivity index (χ0) is 14.1. The molecule has 0 amide bonds. The first-order valence-corrected chi connectivity index (χ1v) is 8.25. The Bertz CT molecular complexity index is 611. The van der Waals surface area contributed by atoms with Crippen molar-refractivity contribution in [3.63, 3.8) is 0 Å². The van der Waals surface area contributed by atoms with E-state index in [1.54, 1.807) is 0 Å². The maximum absolute atomic E-state index is 6.53. The van der Waals surface area contributed by atoms with Gasteiger partial charge in [0.05, 0.1) is 17.3 Å². The van der Waals surface area contributed by atoms with E-state index in [1.165, 1.54) is 25.7 Å². The van der Waals surface area contributed by atoms with E-state index in [2.05, 4.69) is 41.1 Å². The lowest BCUT2D eigenvalue weighted by Crippen LogP contribution is -2.27. The molecule has 3 rings (SSSR count). The second kappa shape index (κ2) is 5.82. The van der Waals surface area contributed by atoms with Gasteiger partial charge in [-0.2, -0.15) is 0 Å². The molecule has 0 radical (unpaired) electrons. The van der Waals surface area contributed by atoms with E-state index in [0.717, 1.165) is 27.0 Å². The summed E-state index contributed by atoms with van der Waals surface area (Å²) in [5, 5.41) is 1.16. The van der Waals surface area contributed by atoms with E-state index in [4.69, 9.17) is 10.7 Å². The van der Waals surface area contributed by atoms with E-state index in [-0.39, 0.29) is 6.04 Å². The Kier molecular flexibility index (Phi) is 4.08. The SMILES string of the molecule is CC1CCCC(C(N)c2nc3ccccc3cc2Br)C1. The molecule has 1 aromatic carbocycles. The summed E-state index contributed by atoms with van der Waals surface area (Å²) in [4.78, 5) is 4.80. The van der Waals surface area contributed by atoms with Crippen LogP contribution >= 0.6 is 15.9 Å². The maximum atomic E-state index is 6.53. The van der Waals surface area contributed by atoms with Gasteiger partial charge in [-0.05, 0) is 52.7 Å². The Balaban J connectivity index is 1.94. The molecule has 0 aliphatic heterocycles. The molecule has 1 fully saturated rings. The number of nitrogens with zero attached hydrogens (tertiary/aromatic N) is 1. The Labute approximate surface area is 128 Å². The number of benzene rings is 1. The van der Waals surface area contributed by atoms with Crippen LogP contribution in [0, 0.1) is 11.8 Å². The van der Waals surface area contributed by atoms with Crippen LogP contribution in [0.25, 0.3) is 10.9 Å². The highest BCUT2D eigenvalue weighted by Crippen LogP contribution is 2.37. The number of para-hydroxylation sites is 1. The maximum Gasteiger partial charge on any atom is 0.0723 e.